The molecule has 1 saturated heterocycles. The zero-order valence-electron chi connectivity index (χ0n) is 17.1. The molecule has 0 saturated carbocycles. The molecule has 1 fully saturated rings. The van der Waals surface area contributed by atoms with Gasteiger partial charge >= 0.3 is 6.61 Å². The van der Waals surface area contributed by atoms with Crippen LogP contribution in [-0.2, 0) is 11.2 Å². The Kier molecular flexibility index (Phi) is 8.01. The molecule has 0 N–H and O–H groups in total. The lowest BCUT2D eigenvalue weighted by Gasteiger charge is -2.29. The van der Waals surface area contributed by atoms with Crippen molar-refractivity contribution in [3.63, 3.8) is 0 Å². The van der Waals surface area contributed by atoms with Gasteiger partial charge in [0.2, 0.25) is 0 Å². The molecule has 0 radical (unpaired) electrons. The number of benzene rings is 2. The molecular weight excluding hydrogens is 434 g/mol. The van der Waals surface area contributed by atoms with Crippen molar-refractivity contribution in [2.24, 2.45) is 0 Å². The Hall–Kier alpha value is -2.74. The average molecular weight is 456 g/mol. The zero-order chi connectivity index (χ0) is 23.3. The van der Waals surface area contributed by atoms with E-state index in [1.807, 2.05) is 0 Å². The zero-order valence-corrected chi connectivity index (χ0v) is 17.1. The first kappa shape index (κ1) is 23.9. The molecule has 1 aliphatic rings. The molecule has 2 unspecified atom stereocenters. The van der Waals surface area contributed by atoms with Crippen molar-refractivity contribution in [2.75, 3.05) is 6.61 Å². The summed E-state index contributed by atoms with van der Waals surface area (Å²) in [5, 5.41) is 0. The van der Waals surface area contributed by atoms with Gasteiger partial charge in [-0.05, 0) is 55.0 Å². The molecular formula is C24H22F6O2. The Morgan fingerprint density at radius 2 is 1.75 bits per heavy atom. The number of alkyl halides is 2. The minimum absolute atomic E-state index is 0.0947. The summed E-state index contributed by atoms with van der Waals surface area (Å²) in [7, 11) is 0. The highest BCUT2D eigenvalue weighted by Crippen LogP contribution is 2.32. The third-order valence-electron chi connectivity index (χ3n) is 5.41. The highest BCUT2D eigenvalue weighted by atomic mass is 19.3. The smallest absolute Gasteiger partial charge is 0.387 e. The van der Waals surface area contributed by atoms with Crippen molar-refractivity contribution in [1.29, 1.82) is 0 Å². The minimum Gasteiger partial charge on any atom is -0.429 e. The van der Waals surface area contributed by atoms with E-state index in [0.29, 0.717) is 31.4 Å². The summed E-state index contributed by atoms with van der Waals surface area (Å²) < 4.78 is 89.0. The molecule has 172 valence electrons. The predicted octanol–water partition coefficient (Wildman–Crippen LogP) is 7.26. The van der Waals surface area contributed by atoms with E-state index in [2.05, 4.69) is 11.3 Å². The van der Waals surface area contributed by atoms with Gasteiger partial charge < -0.3 is 9.47 Å². The van der Waals surface area contributed by atoms with Crippen LogP contribution in [0.2, 0.25) is 0 Å². The first-order valence-corrected chi connectivity index (χ1v) is 10.1. The topological polar surface area (TPSA) is 18.5 Å². The van der Waals surface area contributed by atoms with E-state index in [1.54, 1.807) is 12.1 Å². The van der Waals surface area contributed by atoms with Crippen LogP contribution in [0.5, 0.6) is 5.75 Å². The fraction of sp³-hybridized carbons (Fsp3) is 0.333. The maximum Gasteiger partial charge on any atom is 0.387 e. The van der Waals surface area contributed by atoms with Gasteiger partial charge in [-0.1, -0.05) is 30.8 Å². The van der Waals surface area contributed by atoms with Crippen LogP contribution in [0.3, 0.4) is 0 Å². The van der Waals surface area contributed by atoms with Crippen LogP contribution >= 0.6 is 0 Å². The third kappa shape index (κ3) is 5.94. The van der Waals surface area contributed by atoms with Crippen molar-refractivity contribution in [3.05, 3.63) is 83.2 Å². The minimum atomic E-state index is -3.31. The van der Waals surface area contributed by atoms with Crippen LogP contribution in [0.15, 0.2) is 54.9 Å². The molecule has 3 rings (SSSR count). The van der Waals surface area contributed by atoms with Gasteiger partial charge in [-0.3, -0.25) is 0 Å². The van der Waals surface area contributed by atoms with Crippen LogP contribution in [0.1, 0.15) is 41.9 Å². The van der Waals surface area contributed by atoms with Gasteiger partial charge in [0, 0.05) is 11.5 Å². The van der Waals surface area contributed by atoms with E-state index in [4.69, 9.17) is 4.74 Å². The normalized spacial score (nSPS) is 19.6. The number of hydrogen-bond donors (Lipinski definition) is 0. The number of halogens is 6. The molecule has 0 aromatic heterocycles. The van der Waals surface area contributed by atoms with E-state index >= 15 is 0 Å². The number of ether oxygens (including phenoxy) is 2. The highest BCUT2D eigenvalue weighted by Gasteiger charge is 2.24. The summed E-state index contributed by atoms with van der Waals surface area (Å²) in [6, 6.07) is 8.44. The van der Waals surface area contributed by atoms with E-state index in [1.165, 1.54) is 12.1 Å². The standard InChI is InChI=1S/C24H22F6O2/c1-2-19(25)22(28)16-6-4-15(5-7-16)17-8-10-18(31-13-17)9-3-14-11-20(26)23(21(27)12-14)32-24(29)30/h2,4-7,11-12,17-18,24H,1,3,8-10,13H2. The Labute approximate surface area is 182 Å². The fourth-order valence-corrected chi connectivity index (χ4v) is 3.71. The summed E-state index contributed by atoms with van der Waals surface area (Å²) in [5.41, 5.74) is 1.40. The Morgan fingerprint density at radius 3 is 2.28 bits per heavy atom. The lowest BCUT2D eigenvalue weighted by atomic mass is 9.89. The van der Waals surface area contributed by atoms with E-state index < -0.39 is 35.6 Å². The number of aryl methyl sites for hydroxylation is 1. The molecule has 2 atom stereocenters. The first-order valence-electron chi connectivity index (χ1n) is 10.1. The van der Waals surface area contributed by atoms with Gasteiger partial charge in [0.05, 0.1) is 12.7 Å². The summed E-state index contributed by atoms with van der Waals surface area (Å²) in [5.74, 6) is -5.32. The number of hydrogen-bond acceptors (Lipinski definition) is 2. The first-order chi connectivity index (χ1) is 15.3. The molecule has 0 spiro atoms. The van der Waals surface area contributed by atoms with E-state index in [9.17, 15) is 26.3 Å². The molecule has 0 aliphatic carbocycles. The lowest BCUT2D eigenvalue weighted by Crippen LogP contribution is -2.25. The highest BCUT2D eigenvalue weighted by molar-refractivity contribution is 5.63. The van der Waals surface area contributed by atoms with Crippen LogP contribution in [0.25, 0.3) is 5.83 Å². The molecule has 2 aromatic carbocycles. The van der Waals surface area contributed by atoms with Gasteiger partial charge in [0.15, 0.2) is 29.0 Å². The second-order valence-electron chi connectivity index (χ2n) is 7.52. The van der Waals surface area contributed by atoms with Crippen molar-refractivity contribution < 1.29 is 35.8 Å². The Balaban J connectivity index is 1.53. The van der Waals surface area contributed by atoms with Gasteiger partial charge in [-0.15, -0.1) is 0 Å². The molecule has 1 aliphatic heterocycles. The van der Waals surface area contributed by atoms with E-state index in [0.717, 1.165) is 30.2 Å². The van der Waals surface area contributed by atoms with Crippen molar-refractivity contribution in [2.45, 2.75) is 44.3 Å². The summed E-state index contributed by atoms with van der Waals surface area (Å²) in [4.78, 5) is 0. The molecule has 1 heterocycles. The molecule has 32 heavy (non-hydrogen) atoms. The van der Waals surface area contributed by atoms with Crippen LogP contribution in [0.4, 0.5) is 26.3 Å². The summed E-state index contributed by atoms with van der Waals surface area (Å²) in [6.07, 6.45) is 3.03. The van der Waals surface area contributed by atoms with Gasteiger partial charge in [0.25, 0.3) is 0 Å². The number of allylic oxidation sites excluding steroid dienone is 2. The van der Waals surface area contributed by atoms with Crippen molar-refractivity contribution in [3.8, 4) is 5.75 Å². The maximum absolute atomic E-state index is 13.8. The van der Waals surface area contributed by atoms with Gasteiger partial charge in [-0.25, -0.2) is 17.6 Å². The molecule has 2 aromatic rings. The molecule has 2 nitrogen and oxygen atoms in total. The summed E-state index contributed by atoms with van der Waals surface area (Å²) >= 11 is 0. The third-order valence-corrected chi connectivity index (χ3v) is 5.41. The fourth-order valence-electron chi connectivity index (χ4n) is 3.71. The quantitative estimate of drug-likeness (QED) is 0.308. The molecule has 8 heteroatoms. The number of rotatable bonds is 8. The van der Waals surface area contributed by atoms with Gasteiger partial charge in [0.1, 0.15) is 0 Å². The van der Waals surface area contributed by atoms with Crippen molar-refractivity contribution in [1.82, 2.24) is 0 Å². The van der Waals surface area contributed by atoms with Crippen molar-refractivity contribution >= 4 is 5.83 Å². The Bertz CT molecular complexity index is 940. The lowest BCUT2D eigenvalue weighted by molar-refractivity contribution is -0.0546. The summed E-state index contributed by atoms with van der Waals surface area (Å²) in [6.45, 7) is 0.315. The molecule has 0 amide bonds. The van der Waals surface area contributed by atoms with E-state index in [-0.39, 0.29) is 17.6 Å². The monoisotopic (exact) mass is 456 g/mol. The largest absolute Gasteiger partial charge is 0.429 e. The predicted molar refractivity (Wildman–Crippen MR) is 109 cm³/mol. The van der Waals surface area contributed by atoms with Crippen LogP contribution in [0, 0.1) is 11.6 Å². The van der Waals surface area contributed by atoms with Crippen LogP contribution in [-0.4, -0.2) is 19.3 Å². The maximum atomic E-state index is 13.8. The Morgan fingerprint density at radius 1 is 1.09 bits per heavy atom. The molecule has 0 bridgehead atoms. The SMILES string of the molecule is C=CC(F)=C(F)c1ccc(C2CCC(CCc3cc(F)c(OC(F)F)c(F)c3)OC2)cc1. The van der Waals surface area contributed by atoms with Crippen LogP contribution < -0.4 is 4.74 Å². The average Bonchev–Trinajstić information content (AvgIpc) is 2.79. The second-order valence-corrected chi connectivity index (χ2v) is 7.52. The van der Waals surface area contributed by atoms with Gasteiger partial charge in [-0.2, -0.15) is 8.78 Å². The second kappa shape index (κ2) is 10.7.